The van der Waals surface area contributed by atoms with E-state index >= 15 is 4.39 Å². The average Bonchev–Trinajstić information content (AvgIpc) is 3.75. The maximum atomic E-state index is 17.1. The van der Waals surface area contributed by atoms with Gasteiger partial charge in [-0.15, -0.1) is 6.42 Å². The molecule has 5 aliphatic rings. The van der Waals surface area contributed by atoms with E-state index in [2.05, 4.69) is 21.1 Å². The van der Waals surface area contributed by atoms with Gasteiger partial charge in [-0.1, -0.05) is 30.2 Å². The molecule has 12 heteroatoms. The molecule has 48 heavy (non-hydrogen) atoms. The number of nitrogens with one attached hydrogen (secondary N) is 1. The molecule has 0 aliphatic carbocycles. The number of pyridine rings is 1. The van der Waals surface area contributed by atoms with Crippen molar-refractivity contribution >= 4 is 27.5 Å². The number of benzene rings is 2. The van der Waals surface area contributed by atoms with E-state index in [4.69, 9.17) is 25.9 Å². The van der Waals surface area contributed by atoms with Crippen molar-refractivity contribution in [2.45, 2.75) is 68.8 Å². The van der Waals surface area contributed by atoms with Crippen molar-refractivity contribution in [3.05, 3.63) is 59.2 Å². The van der Waals surface area contributed by atoms with Crippen LogP contribution in [0.2, 0.25) is 0 Å². The Labute approximate surface area is 274 Å². The third kappa shape index (κ3) is 4.19. The van der Waals surface area contributed by atoms with E-state index in [1.165, 1.54) is 6.07 Å². The number of ether oxygens (including phenoxy) is 2. The fourth-order valence-electron chi connectivity index (χ4n) is 9.01. The summed E-state index contributed by atoms with van der Waals surface area (Å²) in [5.41, 5.74) is -0.760. The molecular weight excluding hydrogens is 624 g/mol. The van der Waals surface area contributed by atoms with Crippen molar-refractivity contribution in [2.75, 3.05) is 31.1 Å². The van der Waals surface area contributed by atoms with E-state index in [0.29, 0.717) is 48.0 Å². The number of terminal acetylenes is 1. The van der Waals surface area contributed by atoms with Gasteiger partial charge in [0.2, 0.25) is 5.88 Å². The first kappa shape index (κ1) is 29.7. The van der Waals surface area contributed by atoms with E-state index < -0.39 is 23.3 Å². The van der Waals surface area contributed by atoms with Crippen molar-refractivity contribution in [1.82, 2.24) is 25.2 Å². The summed E-state index contributed by atoms with van der Waals surface area (Å²) < 4.78 is 73.2. The molecule has 2 aromatic carbocycles. The topological polar surface area (TPSA) is 75.6 Å². The molecule has 4 aromatic rings. The van der Waals surface area contributed by atoms with Crippen LogP contribution in [-0.4, -0.2) is 75.9 Å². The lowest BCUT2D eigenvalue weighted by Gasteiger charge is -2.42. The van der Waals surface area contributed by atoms with Crippen LogP contribution in [0.1, 0.15) is 44.6 Å². The van der Waals surface area contributed by atoms with E-state index in [1.54, 1.807) is 24.3 Å². The van der Waals surface area contributed by atoms with Crippen molar-refractivity contribution < 1.29 is 27.0 Å². The Balaban J connectivity index is 1.26. The van der Waals surface area contributed by atoms with Gasteiger partial charge in [-0.05, 0) is 57.0 Å². The highest BCUT2D eigenvalue weighted by Gasteiger charge is 2.51. The summed E-state index contributed by atoms with van der Waals surface area (Å²) in [6, 6.07) is 8.08. The minimum atomic E-state index is -1.68. The molecule has 1 unspecified atom stereocenters. The maximum Gasteiger partial charge on any atom is 0.319 e. The monoisotopic (exact) mass is 656 g/mol. The van der Waals surface area contributed by atoms with Gasteiger partial charge in [-0.2, -0.15) is 18.7 Å². The SMILES string of the molecule is C#Cc1c(F)ccc2cccc(-c3nc4c5c(nc(OCC67CCCN6CCC7=C(F)F)nc5c3F)N3C[C@H]5CC[C@H](N5)[C@H]3[C@H](C)O4)c12. The summed E-state index contributed by atoms with van der Waals surface area (Å²) in [6.45, 7) is 3.70. The molecule has 8 nitrogen and oxygen atoms in total. The molecule has 5 atom stereocenters. The first-order valence-corrected chi connectivity index (χ1v) is 16.5. The highest BCUT2D eigenvalue weighted by molar-refractivity contribution is 6.03. The van der Waals surface area contributed by atoms with Crippen LogP contribution in [0.5, 0.6) is 11.9 Å². The third-order valence-corrected chi connectivity index (χ3v) is 11.1. The minimum absolute atomic E-state index is 0.00271. The predicted octanol–water partition coefficient (Wildman–Crippen LogP) is 5.96. The number of piperazine rings is 1. The van der Waals surface area contributed by atoms with Crippen LogP contribution in [0.3, 0.4) is 0 Å². The lowest BCUT2D eigenvalue weighted by molar-refractivity contribution is 0.126. The Hall–Kier alpha value is -4.47. The van der Waals surface area contributed by atoms with Gasteiger partial charge in [0.1, 0.15) is 40.9 Å². The third-order valence-electron chi connectivity index (χ3n) is 11.1. The van der Waals surface area contributed by atoms with Gasteiger partial charge in [0.05, 0.1) is 17.1 Å². The van der Waals surface area contributed by atoms with Crippen molar-refractivity contribution in [1.29, 1.82) is 0 Å². The molecule has 2 aromatic heterocycles. The van der Waals surface area contributed by atoms with Gasteiger partial charge in [0.15, 0.2) is 5.82 Å². The number of rotatable bonds is 4. The zero-order valence-electron chi connectivity index (χ0n) is 26.2. The van der Waals surface area contributed by atoms with Gasteiger partial charge in [-0.3, -0.25) is 4.90 Å². The molecule has 0 radical (unpaired) electrons. The van der Waals surface area contributed by atoms with Crippen LogP contribution >= 0.6 is 0 Å². The number of anilines is 1. The molecule has 2 bridgehead atoms. The van der Waals surface area contributed by atoms with Crippen LogP contribution in [0, 0.1) is 24.0 Å². The Morgan fingerprint density at radius 1 is 1.12 bits per heavy atom. The first-order valence-electron chi connectivity index (χ1n) is 16.5. The number of halogens is 4. The molecule has 4 saturated heterocycles. The average molecular weight is 657 g/mol. The van der Waals surface area contributed by atoms with Crippen LogP contribution in [-0.2, 0) is 0 Å². The molecule has 4 fully saturated rings. The second-order valence-corrected chi connectivity index (χ2v) is 13.5. The summed E-state index contributed by atoms with van der Waals surface area (Å²) in [7, 11) is 0. The molecule has 7 heterocycles. The number of aromatic nitrogens is 3. The predicted molar refractivity (Wildman–Crippen MR) is 172 cm³/mol. The normalized spacial score (nSPS) is 27.5. The number of fused-ring (bicyclic) bond motifs is 7. The van der Waals surface area contributed by atoms with E-state index in [0.717, 1.165) is 19.3 Å². The van der Waals surface area contributed by atoms with Gasteiger partial charge >= 0.3 is 6.01 Å². The zero-order valence-corrected chi connectivity index (χ0v) is 26.2. The van der Waals surface area contributed by atoms with E-state index in [9.17, 15) is 13.2 Å². The number of hydrogen-bond acceptors (Lipinski definition) is 8. The van der Waals surface area contributed by atoms with Crippen molar-refractivity contribution in [3.8, 4) is 35.5 Å². The highest BCUT2D eigenvalue weighted by atomic mass is 19.3. The molecule has 0 spiro atoms. The largest absolute Gasteiger partial charge is 0.472 e. The van der Waals surface area contributed by atoms with Gasteiger partial charge in [-0.25, -0.2) is 13.8 Å². The smallest absolute Gasteiger partial charge is 0.319 e. The lowest BCUT2D eigenvalue weighted by atomic mass is 9.90. The van der Waals surface area contributed by atoms with Crippen LogP contribution in [0.4, 0.5) is 23.4 Å². The van der Waals surface area contributed by atoms with Crippen molar-refractivity contribution in [3.63, 3.8) is 0 Å². The number of nitrogens with zero attached hydrogens (tertiary/aromatic N) is 5. The molecule has 246 valence electrons. The summed E-state index contributed by atoms with van der Waals surface area (Å²) in [5, 5.41) is 4.96. The van der Waals surface area contributed by atoms with Gasteiger partial charge < -0.3 is 19.7 Å². The lowest BCUT2D eigenvalue weighted by Crippen LogP contribution is -2.62. The highest BCUT2D eigenvalue weighted by Crippen LogP contribution is 2.47. The summed E-state index contributed by atoms with van der Waals surface area (Å²) in [4.78, 5) is 18.4. The molecule has 1 N–H and O–H groups in total. The molecule has 5 aliphatic heterocycles. The van der Waals surface area contributed by atoms with Crippen LogP contribution < -0.4 is 19.7 Å². The Bertz CT molecular complexity index is 2100. The minimum Gasteiger partial charge on any atom is -0.472 e. The maximum absolute atomic E-state index is 17.1. The van der Waals surface area contributed by atoms with E-state index in [1.807, 2.05) is 11.8 Å². The Kier molecular flexibility index (Phi) is 6.65. The zero-order chi connectivity index (χ0) is 32.9. The van der Waals surface area contributed by atoms with E-state index in [-0.39, 0.29) is 77.1 Å². The second-order valence-electron chi connectivity index (χ2n) is 13.5. The first-order chi connectivity index (χ1) is 23.3. The molecule has 0 saturated carbocycles. The molecule has 0 amide bonds. The Morgan fingerprint density at radius 3 is 2.83 bits per heavy atom. The fourth-order valence-corrected chi connectivity index (χ4v) is 9.01. The van der Waals surface area contributed by atoms with Gasteiger partial charge in [0.25, 0.3) is 6.08 Å². The molecular formula is C36H32F4N6O2. The van der Waals surface area contributed by atoms with Crippen LogP contribution in [0.15, 0.2) is 42.0 Å². The summed E-state index contributed by atoms with van der Waals surface area (Å²) in [5.74, 6) is 1.63. The Morgan fingerprint density at radius 2 is 2.00 bits per heavy atom. The molecule has 9 rings (SSSR count). The summed E-state index contributed by atoms with van der Waals surface area (Å²) in [6.07, 6.45) is 7.19. The fraction of sp³-hybridized carbons (Fsp3) is 0.417. The van der Waals surface area contributed by atoms with Crippen LogP contribution in [0.25, 0.3) is 32.9 Å². The van der Waals surface area contributed by atoms with Gasteiger partial charge in [0, 0.05) is 41.7 Å². The number of hydrogen-bond donors (Lipinski definition) is 1. The quantitative estimate of drug-likeness (QED) is 0.213. The van der Waals surface area contributed by atoms with Crippen molar-refractivity contribution in [2.24, 2.45) is 0 Å². The second kappa shape index (κ2) is 10.8. The standard InChI is InChI=1S/C36H32F4N6O2/c1-3-21-24(37)10-8-19-6-4-7-22(26(19)21)29-28(38)30-27-33(46-16-20-9-11-25(41-20)31(46)18(2)48-34(27)42-29)44-35(43-30)47-17-36-13-5-14-45(36)15-12-23(36)32(39)40/h1,4,6-8,10,18,20,25,31,41H,5,9,11-17H2,2H3/t18-,20+,25-,31+,36?/m0/s1. The summed E-state index contributed by atoms with van der Waals surface area (Å²) >= 11 is 0.